The summed E-state index contributed by atoms with van der Waals surface area (Å²) in [5, 5.41) is 0.909. The van der Waals surface area contributed by atoms with Crippen LogP contribution in [0, 0.1) is 11.2 Å². The molecule has 1 aliphatic rings. The van der Waals surface area contributed by atoms with Crippen LogP contribution in [0.3, 0.4) is 0 Å². The van der Waals surface area contributed by atoms with E-state index in [2.05, 4.69) is 13.8 Å². The van der Waals surface area contributed by atoms with E-state index < -0.39 is 0 Å². The van der Waals surface area contributed by atoms with Gasteiger partial charge in [-0.05, 0) is 29.7 Å². The molecule has 0 bridgehead atoms. The number of halogens is 1. The van der Waals surface area contributed by atoms with E-state index in [1.807, 2.05) is 6.07 Å². The first-order chi connectivity index (χ1) is 8.53. The zero-order valence-electron chi connectivity index (χ0n) is 10.4. The number of hydrogen-bond acceptors (Lipinski definition) is 3. The van der Waals surface area contributed by atoms with E-state index in [0.29, 0.717) is 13.2 Å². The Kier molecular flexibility index (Phi) is 2.92. The first-order valence-corrected chi connectivity index (χ1v) is 6.77. The van der Waals surface area contributed by atoms with Gasteiger partial charge >= 0.3 is 7.12 Å². The highest BCUT2D eigenvalue weighted by molar-refractivity contribution is 7.28. The van der Waals surface area contributed by atoms with Crippen LogP contribution in [0.5, 0.6) is 0 Å². The fourth-order valence-corrected chi connectivity index (χ4v) is 3.05. The highest BCUT2D eigenvalue weighted by Crippen LogP contribution is 2.25. The smallest absolute Gasteiger partial charge is 0.406 e. The Morgan fingerprint density at radius 1 is 1.22 bits per heavy atom. The Morgan fingerprint density at radius 3 is 2.67 bits per heavy atom. The molecule has 1 aromatic carbocycles. The summed E-state index contributed by atoms with van der Waals surface area (Å²) in [5.74, 6) is -0.210. The van der Waals surface area contributed by atoms with Crippen molar-refractivity contribution in [1.82, 2.24) is 0 Å². The number of hydrogen-bond donors (Lipinski definition) is 0. The molecule has 0 unspecified atom stereocenters. The molecule has 0 aliphatic carbocycles. The molecule has 1 fully saturated rings. The highest BCUT2D eigenvalue weighted by Gasteiger charge is 2.34. The lowest BCUT2D eigenvalue weighted by Gasteiger charge is -2.32. The predicted molar refractivity (Wildman–Crippen MR) is 72.9 cm³/mol. The topological polar surface area (TPSA) is 18.5 Å². The number of fused-ring (bicyclic) bond motifs is 1. The summed E-state index contributed by atoms with van der Waals surface area (Å²) < 4.78 is 26.7. The lowest BCUT2D eigenvalue weighted by atomic mass is 9.82. The van der Waals surface area contributed by atoms with E-state index in [9.17, 15) is 4.39 Å². The van der Waals surface area contributed by atoms with Gasteiger partial charge in [-0.1, -0.05) is 13.8 Å². The minimum absolute atomic E-state index is 0.0687. The van der Waals surface area contributed by atoms with Gasteiger partial charge in [-0.2, -0.15) is 0 Å². The molecular formula is C13H14BFO2S. The van der Waals surface area contributed by atoms with Gasteiger partial charge in [0.15, 0.2) is 0 Å². The van der Waals surface area contributed by atoms with Crippen LogP contribution in [0.2, 0.25) is 0 Å². The Hall–Kier alpha value is -0.905. The summed E-state index contributed by atoms with van der Waals surface area (Å²) in [6.45, 7) is 5.59. The molecule has 1 saturated heterocycles. The number of rotatable bonds is 1. The fourth-order valence-electron chi connectivity index (χ4n) is 2.01. The Balaban J connectivity index is 1.87. The Labute approximate surface area is 110 Å². The minimum atomic E-state index is -0.307. The van der Waals surface area contributed by atoms with Crippen LogP contribution in [-0.2, 0) is 9.31 Å². The van der Waals surface area contributed by atoms with Gasteiger partial charge in [-0.25, -0.2) is 4.39 Å². The maximum absolute atomic E-state index is 13.1. The summed E-state index contributed by atoms with van der Waals surface area (Å²) in [5.41, 5.74) is 0.0687. The first kappa shape index (κ1) is 12.1. The van der Waals surface area contributed by atoms with Crippen molar-refractivity contribution >= 4 is 33.3 Å². The number of thiophene rings is 1. The van der Waals surface area contributed by atoms with Crippen LogP contribution in [-0.4, -0.2) is 20.3 Å². The van der Waals surface area contributed by atoms with Crippen molar-refractivity contribution < 1.29 is 13.7 Å². The molecule has 0 N–H and O–H groups in total. The molecule has 0 saturated carbocycles. The second-order valence-electron chi connectivity index (χ2n) is 5.45. The second-order valence-corrected chi connectivity index (χ2v) is 6.56. The number of benzene rings is 1. The van der Waals surface area contributed by atoms with E-state index in [4.69, 9.17) is 9.31 Å². The molecule has 3 rings (SSSR count). The van der Waals surface area contributed by atoms with Crippen molar-refractivity contribution in [2.24, 2.45) is 5.41 Å². The highest BCUT2D eigenvalue weighted by atomic mass is 32.1. The van der Waals surface area contributed by atoms with Gasteiger partial charge < -0.3 is 9.31 Å². The molecule has 94 valence electrons. The molecule has 1 aliphatic heterocycles. The minimum Gasteiger partial charge on any atom is -0.406 e. The van der Waals surface area contributed by atoms with Crippen LogP contribution in [0.1, 0.15) is 13.8 Å². The van der Waals surface area contributed by atoms with Crippen LogP contribution in [0.25, 0.3) is 10.1 Å². The van der Waals surface area contributed by atoms with E-state index in [1.54, 1.807) is 23.5 Å². The largest absolute Gasteiger partial charge is 0.504 e. The SMILES string of the molecule is CC1(C)COB(c2cc3cc(F)ccc3s2)OC1. The molecule has 1 aromatic heterocycles. The lowest BCUT2D eigenvalue weighted by Crippen LogP contribution is -2.46. The molecular weight excluding hydrogens is 250 g/mol. The molecule has 0 radical (unpaired) electrons. The zero-order valence-corrected chi connectivity index (χ0v) is 11.2. The predicted octanol–water partition coefficient (Wildman–Crippen LogP) is 2.81. The molecule has 2 nitrogen and oxygen atoms in total. The molecule has 2 heterocycles. The van der Waals surface area contributed by atoms with Crippen LogP contribution in [0.15, 0.2) is 24.3 Å². The van der Waals surface area contributed by atoms with Crippen molar-refractivity contribution in [1.29, 1.82) is 0 Å². The van der Waals surface area contributed by atoms with E-state index in [-0.39, 0.29) is 18.4 Å². The normalized spacial score (nSPS) is 19.4. The van der Waals surface area contributed by atoms with Gasteiger partial charge in [0.25, 0.3) is 0 Å². The average Bonchev–Trinajstić information content (AvgIpc) is 2.71. The van der Waals surface area contributed by atoms with Crippen molar-refractivity contribution in [2.45, 2.75) is 13.8 Å². The fraction of sp³-hybridized carbons (Fsp3) is 0.385. The summed E-state index contributed by atoms with van der Waals surface area (Å²) in [6, 6.07) is 6.77. The maximum Gasteiger partial charge on any atom is 0.504 e. The van der Waals surface area contributed by atoms with Gasteiger partial charge in [-0.3, -0.25) is 0 Å². The van der Waals surface area contributed by atoms with Gasteiger partial charge in [0.2, 0.25) is 0 Å². The first-order valence-electron chi connectivity index (χ1n) is 5.96. The molecule has 0 spiro atoms. The average molecular weight is 264 g/mol. The summed E-state index contributed by atoms with van der Waals surface area (Å²) in [7, 11) is -0.307. The Morgan fingerprint density at radius 2 is 1.94 bits per heavy atom. The third-order valence-electron chi connectivity index (χ3n) is 2.98. The quantitative estimate of drug-likeness (QED) is 0.737. The van der Waals surface area contributed by atoms with Crippen molar-refractivity contribution in [2.75, 3.05) is 13.2 Å². The maximum atomic E-state index is 13.1. The summed E-state index contributed by atoms with van der Waals surface area (Å²) in [6.07, 6.45) is 0. The van der Waals surface area contributed by atoms with E-state index in [0.717, 1.165) is 14.9 Å². The van der Waals surface area contributed by atoms with Crippen molar-refractivity contribution in [3.63, 3.8) is 0 Å². The second kappa shape index (κ2) is 4.33. The summed E-state index contributed by atoms with van der Waals surface area (Å²) >= 11 is 1.60. The van der Waals surface area contributed by atoms with E-state index >= 15 is 0 Å². The van der Waals surface area contributed by atoms with Gasteiger partial charge in [0.05, 0.1) is 0 Å². The van der Waals surface area contributed by atoms with Crippen molar-refractivity contribution in [3.05, 3.63) is 30.1 Å². The molecule has 5 heteroatoms. The van der Waals surface area contributed by atoms with Crippen LogP contribution in [0.4, 0.5) is 4.39 Å². The molecule has 18 heavy (non-hydrogen) atoms. The third kappa shape index (κ3) is 2.30. The lowest BCUT2D eigenvalue weighted by molar-refractivity contribution is 0.0346. The standard InChI is InChI=1S/C13H14BFO2S/c1-13(2)7-16-14(17-8-13)12-6-9-5-10(15)3-4-11(9)18-12/h3-6H,7-8H2,1-2H3. The zero-order chi connectivity index (χ0) is 12.8. The molecule has 0 amide bonds. The monoisotopic (exact) mass is 264 g/mol. The third-order valence-corrected chi connectivity index (χ3v) is 4.12. The Bertz CT molecular complexity index is 571. The van der Waals surface area contributed by atoms with Crippen LogP contribution >= 0.6 is 11.3 Å². The molecule has 0 atom stereocenters. The van der Waals surface area contributed by atoms with Crippen molar-refractivity contribution in [3.8, 4) is 0 Å². The van der Waals surface area contributed by atoms with E-state index in [1.165, 1.54) is 6.07 Å². The van der Waals surface area contributed by atoms with Gasteiger partial charge in [-0.15, -0.1) is 11.3 Å². The van der Waals surface area contributed by atoms with Gasteiger partial charge in [0.1, 0.15) is 5.82 Å². The molecule has 2 aromatic rings. The summed E-state index contributed by atoms with van der Waals surface area (Å²) in [4.78, 5) is 0. The van der Waals surface area contributed by atoms with Crippen LogP contribution < -0.4 is 4.78 Å². The van der Waals surface area contributed by atoms with Gasteiger partial charge in [0, 0.05) is 28.1 Å².